The summed E-state index contributed by atoms with van der Waals surface area (Å²) in [6, 6.07) is 4.77. The molecule has 0 radical (unpaired) electrons. The molecule has 6 nitrogen and oxygen atoms in total. The van der Waals surface area contributed by atoms with Gasteiger partial charge in [0.25, 0.3) is 5.69 Å². The lowest BCUT2D eigenvalue weighted by Crippen LogP contribution is -2.31. The highest BCUT2D eigenvalue weighted by Crippen LogP contribution is 2.25. The number of benzene rings is 1. The molecule has 1 fully saturated rings. The number of nitro benzene ring substituents is 1. The number of rotatable bonds is 4. The van der Waals surface area contributed by atoms with E-state index in [9.17, 15) is 10.1 Å². The molecule has 98 valence electrons. The van der Waals surface area contributed by atoms with E-state index in [4.69, 9.17) is 5.73 Å². The van der Waals surface area contributed by atoms with Crippen molar-refractivity contribution < 1.29 is 4.92 Å². The van der Waals surface area contributed by atoms with Crippen molar-refractivity contribution in [3.05, 3.63) is 28.3 Å². The molecule has 2 rings (SSSR count). The number of nitrogens with one attached hydrogen (secondary N) is 2. The third kappa shape index (κ3) is 3.10. The second kappa shape index (κ2) is 5.68. The van der Waals surface area contributed by atoms with Crippen LogP contribution in [0.25, 0.3) is 0 Å². The molecule has 0 bridgehead atoms. The maximum absolute atomic E-state index is 10.6. The molecule has 0 aromatic heterocycles. The Hall–Kier alpha value is -1.82. The van der Waals surface area contributed by atoms with Gasteiger partial charge < -0.3 is 16.4 Å². The van der Waals surface area contributed by atoms with Crippen LogP contribution in [0.4, 0.5) is 17.1 Å². The van der Waals surface area contributed by atoms with Crippen molar-refractivity contribution in [2.75, 3.05) is 30.7 Å². The summed E-state index contributed by atoms with van der Waals surface area (Å²) >= 11 is 0. The van der Waals surface area contributed by atoms with Gasteiger partial charge in [0, 0.05) is 18.3 Å². The molecule has 1 aliphatic rings. The molecule has 0 atom stereocenters. The second-order valence-corrected chi connectivity index (χ2v) is 4.60. The van der Waals surface area contributed by atoms with Gasteiger partial charge in [-0.15, -0.1) is 0 Å². The molecule has 0 amide bonds. The smallest absolute Gasteiger partial charge is 0.292 e. The van der Waals surface area contributed by atoms with Crippen LogP contribution in [0.15, 0.2) is 18.2 Å². The first-order valence-corrected chi connectivity index (χ1v) is 6.15. The lowest BCUT2D eigenvalue weighted by atomic mass is 9.98. The highest BCUT2D eigenvalue weighted by molar-refractivity contribution is 5.65. The predicted molar refractivity (Wildman–Crippen MR) is 71.6 cm³/mol. The molecule has 1 heterocycles. The largest absolute Gasteiger partial charge is 0.393 e. The van der Waals surface area contributed by atoms with Gasteiger partial charge in [0.2, 0.25) is 0 Å². The number of hydrogen-bond acceptors (Lipinski definition) is 5. The highest BCUT2D eigenvalue weighted by atomic mass is 16.6. The van der Waals surface area contributed by atoms with Gasteiger partial charge in [-0.3, -0.25) is 10.1 Å². The van der Waals surface area contributed by atoms with Crippen molar-refractivity contribution in [3.63, 3.8) is 0 Å². The molecule has 4 N–H and O–H groups in total. The van der Waals surface area contributed by atoms with Crippen LogP contribution in [-0.2, 0) is 0 Å². The van der Waals surface area contributed by atoms with Crippen LogP contribution in [0.1, 0.15) is 12.8 Å². The zero-order valence-electron chi connectivity index (χ0n) is 10.2. The third-order valence-corrected chi connectivity index (χ3v) is 3.28. The maximum atomic E-state index is 10.6. The Labute approximate surface area is 106 Å². The van der Waals surface area contributed by atoms with Gasteiger partial charge in [0.05, 0.1) is 4.92 Å². The molecule has 0 saturated carbocycles. The van der Waals surface area contributed by atoms with Crippen molar-refractivity contribution in [1.82, 2.24) is 5.32 Å². The number of hydrogen-bond donors (Lipinski definition) is 3. The van der Waals surface area contributed by atoms with E-state index in [-0.39, 0.29) is 11.4 Å². The molecule has 1 saturated heterocycles. The minimum atomic E-state index is -0.466. The van der Waals surface area contributed by atoms with E-state index in [1.54, 1.807) is 12.1 Å². The van der Waals surface area contributed by atoms with Crippen molar-refractivity contribution >= 4 is 17.1 Å². The van der Waals surface area contributed by atoms with Gasteiger partial charge >= 0.3 is 0 Å². The summed E-state index contributed by atoms with van der Waals surface area (Å²) < 4.78 is 0. The summed E-state index contributed by atoms with van der Waals surface area (Å²) in [4.78, 5) is 10.2. The lowest BCUT2D eigenvalue weighted by Gasteiger charge is -2.23. The summed E-state index contributed by atoms with van der Waals surface area (Å²) in [5.74, 6) is 0.655. The van der Waals surface area contributed by atoms with E-state index >= 15 is 0 Å². The van der Waals surface area contributed by atoms with Crippen molar-refractivity contribution in [1.29, 1.82) is 0 Å². The number of nitro groups is 1. The Morgan fingerprint density at radius 2 is 2.17 bits per heavy atom. The van der Waals surface area contributed by atoms with Crippen LogP contribution >= 0.6 is 0 Å². The van der Waals surface area contributed by atoms with E-state index in [0.29, 0.717) is 5.92 Å². The highest BCUT2D eigenvalue weighted by Gasteiger charge is 2.14. The Kier molecular flexibility index (Phi) is 3.99. The number of nitrogens with zero attached hydrogens (tertiary/aromatic N) is 1. The number of piperidine rings is 1. The van der Waals surface area contributed by atoms with Crippen LogP contribution in [0.3, 0.4) is 0 Å². The van der Waals surface area contributed by atoms with Crippen LogP contribution in [-0.4, -0.2) is 24.6 Å². The zero-order valence-corrected chi connectivity index (χ0v) is 10.2. The molecule has 18 heavy (non-hydrogen) atoms. The van der Waals surface area contributed by atoms with E-state index in [0.717, 1.165) is 38.2 Å². The Balaban J connectivity index is 1.93. The average Bonchev–Trinajstić information content (AvgIpc) is 2.37. The fraction of sp³-hybridized carbons (Fsp3) is 0.500. The first-order chi connectivity index (χ1) is 8.66. The van der Waals surface area contributed by atoms with Crippen molar-refractivity contribution in [2.24, 2.45) is 5.92 Å². The van der Waals surface area contributed by atoms with Crippen molar-refractivity contribution in [3.8, 4) is 0 Å². The summed E-state index contributed by atoms with van der Waals surface area (Å²) in [6.07, 6.45) is 2.32. The zero-order chi connectivity index (χ0) is 13.0. The molecule has 0 spiro atoms. The van der Waals surface area contributed by atoms with Gasteiger partial charge in [-0.2, -0.15) is 0 Å². The fourth-order valence-corrected chi connectivity index (χ4v) is 2.18. The fourth-order valence-electron chi connectivity index (χ4n) is 2.18. The topological polar surface area (TPSA) is 93.2 Å². The number of nitrogens with two attached hydrogens (primary N) is 1. The predicted octanol–water partition coefficient (Wildman–Crippen LogP) is 1.59. The normalized spacial score (nSPS) is 16.4. The molecule has 6 heteroatoms. The molecular formula is C12H18N4O2. The van der Waals surface area contributed by atoms with Crippen LogP contribution in [0.2, 0.25) is 0 Å². The van der Waals surface area contributed by atoms with Gasteiger partial charge in [0.15, 0.2) is 0 Å². The quantitative estimate of drug-likeness (QED) is 0.428. The minimum Gasteiger partial charge on any atom is -0.393 e. The van der Waals surface area contributed by atoms with Crippen molar-refractivity contribution in [2.45, 2.75) is 12.8 Å². The summed E-state index contributed by atoms with van der Waals surface area (Å²) in [5, 5.41) is 17.2. The monoisotopic (exact) mass is 250 g/mol. The summed E-state index contributed by atoms with van der Waals surface area (Å²) in [5.41, 5.74) is 6.65. The Morgan fingerprint density at radius 1 is 1.44 bits per heavy atom. The van der Waals surface area contributed by atoms with E-state index in [2.05, 4.69) is 10.6 Å². The van der Waals surface area contributed by atoms with Crippen LogP contribution in [0.5, 0.6) is 0 Å². The Morgan fingerprint density at radius 3 is 2.78 bits per heavy atom. The molecule has 0 unspecified atom stereocenters. The second-order valence-electron chi connectivity index (χ2n) is 4.60. The maximum Gasteiger partial charge on any atom is 0.292 e. The SMILES string of the molecule is Nc1cc(NCC2CCNCC2)ccc1[N+](=O)[O-]. The van der Waals surface area contributed by atoms with E-state index in [1.807, 2.05) is 0 Å². The average molecular weight is 250 g/mol. The molecule has 1 aromatic rings. The molecule has 1 aliphatic heterocycles. The summed E-state index contributed by atoms with van der Waals surface area (Å²) in [7, 11) is 0. The van der Waals surface area contributed by atoms with Gasteiger partial charge in [-0.05, 0) is 44.0 Å². The Bertz CT molecular complexity index is 430. The standard InChI is InChI=1S/C12H18N4O2/c13-11-7-10(1-2-12(11)16(17)18)15-8-9-3-5-14-6-4-9/h1-2,7,9,14-15H,3-6,8,13H2. The first-order valence-electron chi connectivity index (χ1n) is 6.15. The number of anilines is 2. The summed E-state index contributed by atoms with van der Waals surface area (Å²) in [6.45, 7) is 3.02. The number of nitrogen functional groups attached to an aromatic ring is 1. The molecule has 1 aromatic carbocycles. The molecule has 0 aliphatic carbocycles. The minimum absolute atomic E-state index is 0.0394. The van der Waals surface area contributed by atoms with E-state index < -0.39 is 4.92 Å². The van der Waals surface area contributed by atoms with Crippen LogP contribution < -0.4 is 16.4 Å². The lowest BCUT2D eigenvalue weighted by molar-refractivity contribution is -0.383. The van der Waals surface area contributed by atoms with Gasteiger partial charge in [-0.25, -0.2) is 0 Å². The van der Waals surface area contributed by atoms with Gasteiger partial charge in [0.1, 0.15) is 5.69 Å². The van der Waals surface area contributed by atoms with E-state index in [1.165, 1.54) is 6.07 Å². The first kappa shape index (κ1) is 12.6. The molecular weight excluding hydrogens is 232 g/mol. The third-order valence-electron chi connectivity index (χ3n) is 3.28. The van der Waals surface area contributed by atoms with Crippen LogP contribution in [0, 0.1) is 16.0 Å². The van der Waals surface area contributed by atoms with Gasteiger partial charge in [-0.1, -0.05) is 0 Å².